The van der Waals surface area contributed by atoms with Gasteiger partial charge in [0, 0.05) is 5.02 Å². The molecule has 0 fully saturated rings. The van der Waals surface area contributed by atoms with Crippen molar-refractivity contribution in [2.24, 2.45) is 27.2 Å². The molecule has 1 aromatic rings. The summed E-state index contributed by atoms with van der Waals surface area (Å²) in [5.74, 6) is -0.710. The minimum Gasteiger partial charge on any atom is -0.370 e. The average molecular weight is 252 g/mol. The Morgan fingerprint density at radius 2 is 1.73 bits per heavy atom. The molecule has 0 aliphatic rings. The number of nitrogens with two attached hydrogens (primary N) is 3. The predicted molar refractivity (Wildman–Crippen MR) is 65.8 cm³/mol. The van der Waals surface area contributed by atoms with Gasteiger partial charge in [0.1, 0.15) is 0 Å². The van der Waals surface area contributed by atoms with E-state index in [2.05, 4.69) is 9.98 Å². The van der Waals surface area contributed by atoms with E-state index >= 15 is 0 Å². The molecule has 0 saturated carbocycles. The third kappa shape index (κ3) is 5.09. The van der Waals surface area contributed by atoms with Crippen LogP contribution in [0.15, 0.2) is 34.2 Å². The molecule has 0 radical (unpaired) electrons. The molecule has 0 bridgehead atoms. The summed E-state index contributed by atoms with van der Waals surface area (Å²) in [6.07, 6.45) is 0. The van der Waals surface area contributed by atoms with Gasteiger partial charge < -0.3 is 17.2 Å². The van der Waals surface area contributed by atoms with E-state index in [-0.39, 0.29) is 35.0 Å². The van der Waals surface area contributed by atoms with E-state index in [0.29, 0.717) is 0 Å². The van der Waals surface area contributed by atoms with Crippen LogP contribution in [0.1, 0.15) is 5.48 Å². The van der Waals surface area contributed by atoms with Gasteiger partial charge in [0.2, 0.25) is 5.96 Å². The highest BCUT2D eigenvalue weighted by Gasteiger charge is 1.92. The number of halogens is 2. The maximum atomic E-state index is 7.60. The van der Waals surface area contributed by atoms with Crippen molar-refractivity contribution < 1.29 is 5.48 Å². The highest BCUT2D eigenvalue weighted by Crippen LogP contribution is 2.15. The molecule has 0 aliphatic carbocycles. The Bertz CT molecular complexity index is 528. The summed E-state index contributed by atoms with van der Waals surface area (Å²) >= 11 is 5.62. The molecular weight excluding hydrogens is 237 g/mol. The van der Waals surface area contributed by atoms with E-state index < -0.39 is 24.2 Å². The Morgan fingerprint density at radius 1 is 1.20 bits per heavy atom. The first-order valence-electron chi connectivity index (χ1n) is 5.45. The second kappa shape index (κ2) is 6.10. The molecule has 0 spiro atoms. The zero-order valence-corrected chi connectivity index (χ0v) is 8.99. The van der Waals surface area contributed by atoms with Gasteiger partial charge in [0.05, 0.1) is 11.2 Å². The van der Waals surface area contributed by atoms with Gasteiger partial charge in [-0.2, -0.15) is 4.99 Å². The normalized spacial score (nSPS) is 14.1. The molecular formula is C8H11Cl2N5. The topological polar surface area (TPSA) is 103 Å². The van der Waals surface area contributed by atoms with Crippen LogP contribution in [-0.4, -0.2) is 11.9 Å². The van der Waals surface area contributed by atoms with Gasteiger partial charge in [-0.1, -0.05) is 11.6 Å². The van der Waals surface area contributed by atoms with Gasteiger partial charge in [-0.3, -0.25) is 0 Å². The molecule has 0 atom stereocenters. The smallest absolute Gasteiger partial charge is 0.223 e. The lowest BCUT2D eigenvalue weighted by atomic mass is 10.3. The van der Waals surface area contributed by atoms with Crippen LogP contribution in [0.2, 0.25) is 5.02 Å². The number of rotatable bonds is 1. The standard InChI is InChI=1S/C8H10ClN5.ClH/c9-5-1-3-6(4-2-5)13-8(12)14-7(10)11;/h1-4H,(H6,10,11,12,13,14);1H/i1D,2D,3D,4D;. The predicted octanol–water partition coefficient (Wildman–Crippen LogP) is 0.981. The molecule has 7 heteroatoms. The zero-order chi connectivity index (χ0) is 14.0. The summed E-state index contributed by atoms with van der Waals surface area (Å²) in [7, 11) is 0. The first-order chi connectivity index (χ1) is 8.25. The molecule has 6 N–H and O–H groups in total. The molecule has 1 aromatic carbocycles. The van der Waals surface area contributed by atoms with Crippen LogP contribution >= 0.6 is 24.0 Å². The molecule has 0 saturated heterocycles. The lowest BCUT2D eigenvalue weighted by Gasteiger charge is -1.95. The van der Waals surface area contributed by atoms with E-state index in [1.807, 2.05) is 0 Å². The van der Waals surface area contributed by atoms with Crippen LogP contribution in [0.5, 0.6) is 0 Å². The molecule has 0 amide bonds. The quantitative estimate of drug-likeness (QED) is 0.512. The van der Waals surface area contributed by atoms with E-state index in [0.717, 1.165) is 0 Å². The first-order valence-corrected chi connectivity index (χ1v) is 3.83. The Hall–Kier alpha value is -1.46. The van der Waals surface area contributed by atoms with Crippen LogP contribution in [0.25, 0.3) is 0 Å². The summed E-state index contributed by atoms with van der Waals surface area (Å²) in [5, 5.41) is -0.288. The van der Waals surface area contributed by atoms with Gasteiger partial charge in [0.25, 0.3) is 0 Å². The molecule has 0 aromatic heterocycles. The second-order valence-corrected chi connectivity index (χ2v) is 2.55. The lowest BCUT2D eigenvalue weighted by Crippen LogP contribution is -2.26. The summed E-state index contributed by atoms with van der Waals surface area (Å²) in [6.45, 7) is 0. The third-order valence-electron chi connectivity index (χ3n) is 1.05. The van der Waals surface area contributed by atoms with Gasteiger partial charge in [-0.15, -0.1) is 12.4 Å². The molecule has 0 unspecified atom stereocenters. The van der Waals surface area contributed by atoms with Gasteiger partial charge in [-0.05, 0) is 24.2 Å². The number of benzene rings is 1. The van der Waals surface area contributed by atoms with Crippen molar-refractivity contribution in [2.45, 2.75) is 0 Å². The van der Waals surface area contributed by atoms with Crippen LogP contribution < -0.4 is 17.2 Å². The summed E-state index contributed by atoms with van der Waals surface area (Å²) < 4.78 is 30.2. The van der Waals surface area contributed by atoms with Crippen LogP contribution in [0, 0.1) is 0 Å². The number of nitrogens with zero attached hydrogens (tertiary/aromatic N) is 2. The Morgan fingerprint density at radius 3 is 2.20 bits per heavy atom. The van der Waals surface area contributed by atoms with E-state index in [9.17, 15) is 0 Å². The molecule has 0 aliphatic heterocycles. The van der Waals surface area contributed by atoms with Crippen LogP contribution in [0.3, 0.4) is 0 Å². The first kappa shape index (κ1) is 7.78. The molecule has 5 nitrogen and oxygen atoms in total. The number of aliphatic imine (C=N–C) groups is 2. The average Bonchev–Trinajstić information content (AvgIpc) is 2.29. The third-order valence-corrected chi connectivity index (χ3v) is 1.24. The van der Waals surface area contributed by atoms with Crippen molar-refractivity contribution in [3.05, 3.63) is 29.2 Å². The molecule has 82 valence electrons. The monoisotopic (exact) mass is 251 g/mol. The highest BCUT2D eigenvalue weighted by molar-refractivity contribution is 6.30. The van der Waals surface area contributed by atoms with Crippen molar-refractivity contribution in [3.8, 4) is 0 Å². The van der Waals surface area contributed by atoms with Crippen molar-refractivity contribution in [2.75, 3.05) is 0 Å². The summed E-state index contributed by atoms with van der Waals surface area (Å²) in [5.41, 5.74) is 15.3. The Labute approximate surface area is 104 Å². The van der Waals surface area contributed by atoms with Crippen molar-refractivity contribution >= 4 is 41.6 Å². The Balaban J connectivity index is 0.00000324. The lowest BCUT2D eigenvalue weighted by molar-refractivity contribution is 1.38. The van der Waals surface area contributed by atoms with Gasteiger partial charge in [-0.25, -0.2) is 4.99 Å². The fourth-order valence-corrected chi connectivity index (χ4v) is 0.713. The highest BCUT2D eigenvalue weighted by atomic mass is 35.5. The van der Waals surface area contributed by atoms with E-state index in [1.54, 1.807) is 0 Å². The van der Waals surface area contributed by atoms with Gasteiger partial charge in [0.15, 0.2) is 5.96 Å². The fourth-order valence-electron chi connectivity index (χ4n) is 0.618. The fraction of sp³-hybridized carbons (Fsp3) is 0. The van der Waals surface area contributed by atoms with Crippen LogP contribution in [0.4, 0.5) is 5.69 Å². The SMILES string of the molecule is Cl.[2H]c1c([2H])c(N=C(N)N=C(N)N)c([2H])c([2H])c1Cl. The number of hydrogen-bond donors (Lipinski definition) is 3. The number of hydrogen-bond acceptors (Lipinski definition) is 1. The summed E-state index contributed by atoms with van der Waals surface area (Å²) in [6, 6.07) is -1.66. The maximum Gasteiger partial charge on any atom is 0.223 e. The zero-order valence-electron chi connectivity index (χ0n) is 11.4. The van der Waals surface area contributed by atoms with Crippen molar-refractivity contribution in [3.63, 3.8) is 0 Å². The Kier molecular flexibility index (Phi) is 3.17. The number of guanidine groups is 2. The molecule has 1 rings (SSSR count). The summed E-state index contributed by atoms with van der Waals surface area (Å²) in [4.78, 5) is 7.05. The largest absolute Gasteiger partial charge is 0.370 e. The maximum absolute atomic E-state index is 7.60. The molecule has 15 heavy (non-hydrogen) atoms. The minimum absolute atomic E-state index is 0. The minimum atomic E-state index is -0.422. The second-order valence-electron chi connectivity index (χ2n) is 2.17. The van der Waals surface area contributed by atoms with Crippen LogP contribution in [-0.2, 0) is 0 Å². The van der Waals surface area contributed by atoms with E-state index in [1.165, 1.54) is 0 Å². The van der Waals surface area contributed by atoms with Gasteiger partial charge >= 0.3 is 0 Å². The van der Waals surface area contributed by atoms with E-state index in [4.69, 9.17) is 34.3 Å². The van der Waals surface area contributed by atoms with Crippen molar-refractivity contribution in [1.29, 1.82) is 0 Å². The molecule has 0 heterocycles. The van der Waals surface area contributed by atoms with Crippen molar-refractivity contribution in [1.82, 2.24) is 0 Å².